The number of ether oxygens (including phenoxy) is 2. The number of nitrogens with zero attached hydrogens (tertiary/aromatic N) is 3. The second-order valence-corrected chi connectivity index (χ2v) is 10.2. The highest BCUT2D eigenvalue weighted by atomic mass is 35.5. The molecule has 8 heteroatoms. The predicted molar refractivity (Wildman–Crippen MR) is 151 cm³/mol. The van der Waals surface area contributed by atoms with E-state index in [1.54, 1.807) is 0 Å². The van der Waals surface area contributed by atoms with Gasteiger partial charge < -0.3 is 19.8 Å². The van der Waals surface area contributed by atoms with Crippen molar-refractivity contribution in [2.24, 2.45) is 0 Å². The van der Waals surface area contributed by atoms with Gasteiger partial charge in [0, 0.05) is 32.7 Å². The van der Waals surface area contributed by atoms with E-state index in [9.17, 15) is 4.79 Å². The molecular weight excluding hydrogens is 488 g/mol. The first-order chi connectivity index (χ1) is 17.9. The van der Waals surface area contributed by atoms with Crippen LogP contribution in [0.4, 0.5) is 5.82 Å². The fourth-order valence-electron chi connectivity index (χ4n) is 4.50. The molecule has 1 unspecified atom stereocenters. The lowest BCUT2D eigenvalue weighted by molar-refractivity contribution is -0.150. The van der Waals surface area contributed by atoms with Crippen molar-refractivity contribution in [1.29, 1.82) is 0 Å². The number of terminal acetylenes is 1. The molecule has 0 aliphatic heterocycles. The van der Waals surface area contributed by atoms with Crippen molar-refractivity contribution < 1.29 is 14.3 Å². The van der Waals surface area contributed by atoms with Gasteiger partial charge in [-0.25, -0.2) is 4.98 Å². The summed E-state index contributed by atoms with van der Waals surface area (Å²) in [5.41, 5.74) is 5.53. The van der Waals surface area contributed by atoms with Crippen LogP contribution in [0.1, 0.15) is 103 Å². The van der Waals surface area contributed by atoms with Gasteiger partial charge in [0.2, 0.25) is 5.28 Å². The number of hydrogen-bond donors (Lipinski definition) is 1. The number of aryl methyl sites for hydroxylation is 1. The van der Waals surface area contributed by atoms with Crippen molar-refractivity contribution in [3.8, 4) is 12.3 Å². The number of anilines is 1. The van der Waals surface area contributed by atoms with Gasteiger partial charge in [0.1, 0.15) is 18.1 Å². The molecule has 0 amide bonds. The Bertz CT molecular complexity index is 987. The zero-order valence-corrected chi connectivity index (χ0v) is 23.5. The van der Waals surface area contributed by atoms with Crippen LogP contribution >= 0.6 is 11.6 Å². The normalized spacial score (nSPS) is 12.9. The van der Waals surface area contributed by atoms with E-state index in [0.717, 1.165) is 18.2 Å². The van der Waals surface area contributed by atoms with Crippen LogP contribution in [0.25, 0.3) is 11.0 Å². The predicted octanol–water partition coefficient (Wildman–Crippen LogP) is 7.10. The third kappa shape index (κ3) is 10.9. The number of aromatic nitrogens is 3. The van der Waals surface area contributed by atoms with Gasteiger partial charge in [-0.1, -0.05) is 89.9 Å². The number of carbonyl (C=O) groups is 1. The number of nitrogens with two attached hydrogens (primary N) is 1. The average Bonchev–Trinajstić information content (AvgIpc) is 3.30. The Morgan fingerprint density at radius 2 is 1.65 bits per heavy atom. The summed E-state index contributed by atoms with van der Waals surface area (Å²) in [6.45, 7) is 2.76. The summed E-state index contributed by atoms with van der Waals surface area (Å²) in [7, 11) is 1.53. The molecule has 1 atom stereocenters. The topological polar surface area (TPSA) is 92.3 Å². The van der Waals surface area contributed by atoms with Gasteiger partial charge in [-0.15, -0.1) is 6.42 Å². The summed E-state index contributed by atoms with van der Waals surface area (Å²) in [5.74, 6) is 2.76. The Hall–Kier alpha value is -2.30. The summed E-state index contributed by atoms with van der Waals surface area (Å²) < 4.78 is 13.0. The van der Waals surface area contributed by atoms with E-state index in [2.05, 4.69) is 22.8 Å². The van der Waals surface area contributed by atoms with Crippen LogP contribution in [0.15, 0.2) is 12.3 Å². The Balaban J connectivity index is 1.62. The van der Waals surface area contributed by atoms with E-state index in [0.29, 0.717) is 30.9 Å². The second-order valence-electron chi connectivity index (χ2n) is 9.87. The zero-order valence-electron chi connectivity index (χ0n) is 22.8. The van der Waals surface area contributed by atoms with E-state index < -0.39 is 5.60 Å². The van der Waals surface area contributed by atoms with Gasteiger partial charge >= 0.3 is 5.97 Å². The van der Waals surface area contributed by atoms with Gasteiger partial charge in [-0.2, -0.15) is 4.98 Å². The van der Waals surface area contributed by atoms with E-state index in [1.165, 1.54) is 77.7 Å². The molecule has 2 N–H and O–H groups in total. The lowest BCUT2D eigenvalue weighted by atomic mass is 10.0. The molecule has 0 aliphatic rings. The quantitative estimate of drug-likeness (QED) is 0.0845. The first-order valence-electron chi connectivity index (χ1n) is 13.9. The fraction of sp³-hybridized carbons (Fsp3) is 0.690. The number of nitrogen functional groups attached to an aromatic ring is 1. The molecule has 37 heavy (non-hydrogen) atoms. The zero-order chi connectivity index (χ0) is 26.9. The van der Waals surface area contributed by atoms with Gasteiger partial charge in [0.15, 0.2) is 5.60 Å². The number of halogens is 1. The maximum Gasteiger partial charge on any atom is 0.305 e. The minimum Gasteiger partial charge on any atom is -0.462 e. The summed E-state index contributed by atoms with van der Waals surface area (Å²) in [5, 5.41) is 0.805. The molecule has 2 rings (SSSR count). The maximum absolute atomic E-state index is 12.3. The number of fused-ring (bicyclic) bond motifs is 1. The van der Waals surface area contributed by atoms with Crippen molar-refractivity contribution in [3.05, 3.63) is 17.5 Å². The van der Waals surface area contributed by atoms with E-state index >= 15 is 0 Å². The molecule has 0 spiro atoms. The number of hydrogen-bond acceptors (Lipinski definition) is 6. The van der Waals surface area contributed by atoms with Crippen molar-refractivity contribution in [3.63, 3.8) is 0 Å². The molecule has 0 saturated carbocycles. The van der Waals surface area contributed by atoms with Gasteiger partial charge in [0.05, 0.1) is 5.39 Å². The number of carbonyl (C=O) groups excluding carboxylic acids is 1. The smallest absolute Gasteiger partial charge is 0.305 e. The summed E-state index contributed by atoms with van der Waals surface area (Å²) in [6, 6.07) is 1.83. The molecule has 2 aromatic heterocycles. The van der Waals surface area contributed by atoms with Crippen LogP contribution in [0.5, 0.6) is 0 Å². The van der Waals surface area contributed by atoms with Crippen LogP contribution in [0, 0.1) is 12.3 Å². The minimum absolute atomic E-state index is 0.00829. The number of esters is 1. The van der Waals surface area contributed by atoms with Crippen LogP contribution in [0.2, 0.25) is 5.28 Å². The largest absolute Gasteiger partial charge is 0.462 e. The summed E-state index contributed by atoms with van der Waals surface area (Å²) in [4.78, 5) is 20.6. The molecule has 2 heterocycles. The highest BCUT2D eigenvalue weighted by Gasteiger charge is 2.29. The molecule has 7 nitrogen and oxygen atoms in total. The third-order valence-electron chi connectivity index (χ3n) is 6.98. The van der Waals surface area contributed by atoms with Gasteiger partial charge in [0.25, 0.3) is 0 Å². The Kier molecular flexibility index (Phi) is 14.4. The molecule has 206 valence electrons. The second kappa shape index (κ2) is 17.3. The minimum atomic E-state index is -1.02. The van der Waals surface area contributed by atoms with Crippen molar-refractivity contribution in [2.45, 2.75) is 115 Å². The Labute approximate surface area is 227 Å². The number of unbranched alkanes of at least 4 members (excludes halogenated alkanes) is 12. The fourth-order valence-corrected chi connectivity index (χ4v) is 4.68. The van der Waals surface area contributed by atoms with Crippen LogP contribution in [0.3, 0.4) is 0 Å². The molecule has 0 radical (unpaired) electrons. The lowest BCUT2D eigenvalue weighted by Crippen LogP contribution is -2.37. The molecule has 0 bridgehead atoms. The van der Waals surface area contributed by atoms with Crippen molar-refractivity contribution in [2.75, 3.05) is 19.5 Å². The summed E-state index contributed by atoms with van der Waals surface area (Å²) in [6.07, 6.45) is 24.9. The molecule has 2 aromatic rings. The van der Waals surface area contributed by atoms with Gasteiger partial charge in [-0.3, -0.25) is 4.79 Å². The summed E-state index contributed by atoms with van der Waals surface area (Å²) >= 11 is 5.96. The molecule has 0 fully saturated rings. The van der Waals surface area contributed by atoms with Gasteiger partial charge in [-0.05, 0) is 24.1 Å². The van der Waals surface area contributed by atoms with Crippen LogP contribution in [-0.4, -0.2) is 39.8 Å². The Morgan fingerprint density at radius 3 is 2.22 bits per heavy atom. The van der Waals surface area contributed by atoms with Crippen molar-refractivity contribution >= 4 is 34.4 Å². The standard InChI is InChI=1S/C29H45ClN4O3/c1-4-6-7-8-9-10-11-12-13-14-15-16-17-18-25(35)37-23-29(5-2,36-3)20-22-34-21-19-24-26(31)32-28(30)33-27(24)34/h2,19,21H,4,6-18,20,22-23H2,1,3H3,(H2,31,32,33). The van der Waals surface area contributed by atoms with Crippen LogP contribution < -0.4 is 5.73 Å². The lowest BCUT2D eigenvalue weighted by Gasteiger charge is -2.26. The highest BCUT2D eigenvalue weighted by Crippen LogP contribution is 2.24. The number of methoxy groups -OCH3 is 1. The Morgan fingerprint density at radius 1 is 1.05 bits per heavy atom. The maximum atomic E-state index is 12.3. The molecule has 0 saturated heterocycles. The first-order valence-corrected chi connectivity index (χ1v) is 14.3. The number of rotatable bonds is 20. The van der Waals surface area contributed by atoms with E-state index in [4.69, 9.17) is 33.2 Å². The molecule has 0 aromatic carbocycles. The van der Waals surface area contributed by atoms with E-state index in [1.807, 2.05) is 16.8 Å². The molecular formula is C29H45ClN4O3. The van der Waals surface area contributed by atoms with E-state index in [-0.39, 0.29) is 17.9 Å². The first kappa shape index (κ1) is 30.9. The highest BCUT2D eigenvalue weighted by molar-refractivity contribution is 6.28. The molecule has 0 aliphatic carbocycles. The van der Waals surface area contributed by atoms with Crippen LogP contribution in [-0.2, 0) is 20.8 Å². The monoisotopic (exact) mass is 532 g/mol. The third-order valence-corrected chi connectivity index (χ3v) is 7.15. The van der Waals surface area contributed by atoms with Crippen molar-refractivity contribution in [1.82, 2.24) is 14.5 Å². The average molecular weight is 533 g/mol. The SMILES string of the molecule is C#CC(CCn1ccc2c(N)nc(Cl)nc21)(COC(=O)CCCCCCCCCCCCCCC)OC.